The maximum absolute atomic E-state index is 12.3. The number of carboxylic acids is 1. The van der Waals surface area contributed by atoms with Gasteiger partial charge in [-0.15, -0.1) is 0 Å². The lowest BCUT2D eigenvalue weighted by Crippen LogP contribution is -2.56. The van der Waals surface area contributed by atoms with Gasteiger partial charge in [0.25, 0.3) is 5.91 Å². The zero-order valence-electron chi connectivity index (χ0n) is 10.0. The van der Waals surface area contributed by atoms with Gasteiger partial charge in [0.05, 0.1) is 5.56 Å². The van der Waals surface area contributed by atoms with Crippen LogP contribution >= 0.6 is 0 Å². The molecule has 1 fully saturated rings. The first-order valence-corrected chi connectivity index (χ1v) is 5.78. The molecule has 1 heterocycles. The first-order valence-electron chi connectivity index (χ1n) is 5.78. The number of hydrogen-bond acceptors (Lipinski definition) is 5. The maximum Gasteiger partial charge on any atom is 0.327 e. The number of amides is 1. The lowest BCUT2D eigenvalue weighted by molar-refractivity contribution is -0.142. The van der Waals surface area contributed by atoms with Gasteiger partial charge in [-0.05, 0) is 12.1 Å². The van der Waals surface area contributed by atoms with Gasteiger partial charge < -0.3 is 25.5 Å². The predicted octanol–water partition coefficient (Wildman–Crippen LogP) is -0.404. The van der Waals surface area contributed by atoms with E-state index in [1.807, 2.05) is 0 Å². The Kier molecular flexibility index (Phi) is 3.57. The molecule has 1 aliphatic rings. The molecule has 2 rings (SSSR count). The van der Waals surface area contributed by atoms with Crippen LogP contribution in [0.4, 0.5) is 0 Å². The van der Waals surface area contributed by atoms with Crippen molar-refractivity contribution in [3.63, 3.8) is 0 Å². The fraction of sp³-hybridized carbons (Fsp3) is 0.333. The molecular weight excluding hydrogens is 252 g/mol. The summed E-state index contributed by atoms with van der Waals surface area (Å²) >= 11 is 0. The molecule has 0 aliphatic carbocycles. The number of carbonyl (C=O) groups is 2. The predicted molar refractivity (Wildman–Crippen MR) is 65.1 cm³/mol. The summed E-state index contributed by atoms with van der Waals surface area (Å²) in [6.45, 7) is 0.862. The molecule has 1 saturated heterocycles. The summed E-state index contributed by atoms with van der Waals surface area (Å²) < 4.78 is 0. The van der Waals surface area contributed by atoms with Gasteiger partial charge in [-0.25, -0.2) is 4.79 Å². The van der Waals surface area contributed by atoms with E-state index in [0.717, 1.165) is 0 Å². The maximum atomic E-state index is 12.3. The van der Waals surface area contributed by atoms with Crippen molar-refractivity contribution in [2.45, 2.75) is 6.04 Å². The Hall–Kier alpha value is -2.28. The van der Waals surface area contributed by atoms with Gasteiger partial charge in [0, 0.05) is 19.6 Å². The quantitative estimate of drug-likeness (QED) is 0.542. The number of nitrogens with one attached hydrogen (secondary N) is 1. The number of nitrogens with zero attached hydrogens (tertiary/aromatic N) is 1. The van der Waals surface area contributed by atoms with Crippen LogP contribution in [0.3, 0.4) is 0 Å². The molecule has 1 amide bonds. The van der Waals surface area contributed by atoms with Crippen molar-refractivity contribution in [1.82, 2.24) is 10.2 Å². The Bertz CT molecular complexity index is 517. The molecule has 19 heavy (non-hydrogen) atoms. The van der Waals surface area contributed by atoms with E-state index in [-0.39, 0.29) is 18.7 Å². The third-order valence-corrected chi connectivity index (χ3v) is 3.03. The number of carboxylic acid groups (broad SMARTS) is 1. The van der Waals surface area contributed by atoms with Crippen LogP contribution in [-0.2, 0) is 4.79 Å². The molecule has 4 N–H and O–H groups in total. The van der Waals surface area contributed by atoms with Gasteiger partial charge in [0.15, 0.2) is 11.5 Å². The highest BCUT2D eigenvalue weighted by Gasteiger charge is 2.33. The van der Waals surface area contributed by atoms with E-state index >= 15 is 0 Å². The number of benzene rings is 1. The van der Waals surface area contributed by atoms with E-state index in [4.69, 9.17) is 5.11 Å². The molecule has 1 aromatic carbocycles. The molecular formula is C12H14N2O5. The molecule has 1 aromatic rings. The van der Waals surface area contributed by atoms with Crippen molar-refractivity contribution in [3.05, 3.63) is 23.8 Å². The zero-order valence-corrected chi connectivity index (χ0v) is 10.0. The normalized spacial score (nSPS) is 19.2. The first kappa shape index (κ1) is 13.2. The minimum Gasteiger partial charge on any atom is -0.504 e. The summed E-state index contributed by atoms with van der Waals surface area (Å²) in [7, 11) is 0. The molecule has 0 saturated carbocycles. The van der Waals surface area contributed by atoms with E-state index in [9.17, 15) is 19.8 Å². The lowest BCUT2D eigenvalue weighted by Gasteiger charge is -2.33. The second kappa shape index (κ2) is 5.15. The number of piperazine rings is 1. The van der Waals surface area contributed by atoms with Crippen LogP contribution in [0.15, 0.2) is 18.2 Å². The third kappa shape index (κ3) is 2.45. The standard InChI is InChI=1S/C12H14N2O5/c15-9-3-1-2-7(10(9)16)11(17)14-5-4-13-6-8(14)12(18)19/h1-3,8,13,15-16H,4-6H2,(H,18,19). The molecule has 0 radical (unpaired) electrons. The number of phenols is 2. The Morgan fingerprint density at radius 2 is 2.05 bits per heavy atom. The smallest absolute Gasteiger partial charge is 0.327 e. The fourth-order valence-corrected chi connectivity index (χ4v) is 2.03. The van der Waals surface area contributed by atoms with Gasteiger partial charge in [0.2, 0.25) is 0 Å². The number of hydrogen-bond donors (Lipinski definition) is 4. The number of para-hydroxylation sites is 1. The van der Waals surface area contributed by atoms with Crippen LogP contribution < -0.4 is 5.32 Å². The average Bonchev–Trinajstić information content (AvgIpc) is 2.41. The average molecular weight is 266 g/mol. The number of rotatable bonds is 2. The Balaban J connectivity index is 2.31. The number of aromatic hydroxyl groups is 2. The summed E-state index contributed by atoms with van der Waals surface area (Å²) in [5.41, 5.74) is -0.104. The number of aliphatic carboxylic acids is 1. The van der Waals surface area contributed by atoms with Gasteiger partial charge >= 0.3 is 5.97 Å². The van der Waals surface area contributed by atoms with Crippen LogP contribution in [0.25, 0.3) is 0 Å². The van der Waals surface area contributed by atoms with Crippen molar-refractivity contribution < 1.29 is 24.9 Å². The second-order valence-corrected chi connectivity index (χ2v) is 4.23. The van der Waals surface area contributed by atoms with Gasteiger partial charge in [0.1, 0.15) is 6.04 Å². The molecule has 102 valence electrons. The Morgan fingerprint density at radius 3 is 2.74 bits per heavy atom. The number of carbonyl (C=O) groups excluding carboxylic acids is 1. The molecule has 1 unspecified atom stereocenters. The summed E-state index contributed by atoms with van der Waals surface area (Å²) in [5, 5.41) is 31.0. The summed E-state index contributed by atoms with van der Waals surface area (Å²) in [5.74, 6) is -2.66. The topological polar surface area (TPSA) is 110 Å². The van der Waals surface area contributed by atoms with E-state index in [1.165, 1.54) is 23.1 Å². The SMILES string of the molecule is O=C(O)C1CNCCN1C(=O)c1cccc(O)c1O. The highest BCUT2D eigenvalue weighted by Crippen LogP contribution is 2.29. The van der Waals surface area contributed by atoms with Crippen molar-refractivity contribution in [1.29, 1.82) is 0 Å². The van der Waals surface area contributed by atoms with Gasteiger partial charge in [-0.2, -0.15) is 0 Å². The molecule has 1 aliphatic heterocycles. The number of phenolic OH excluding ortho intramolecular Hbond substituents is 2. The first-order chi connectivity index (χ1) is 9.02. The lowest BCUT2D eigenvalue weighted by atomic mass is 10.1. The minimum absolute atomic E-state index is 0.104. The molecule has 7 nitrogen and oxygen atoms in total. The largest absolute Gasteiger partial charge is 0.504 e. The van der Waals surface area contributed by atoms with Crippen molar-refractivity contribution in [2.75, 3.05) is 19.6 Å². The van der Waals surface area contributed by atoms with Crippen LogP contribution in [0.2, 0.25) is 0 Å². The molecule has 7 heteroatoms. The molecule has 1 atom stereocenters. The van der Waals surface area contributed by atoms with E-state index in [2.05, 4.69) is 5.32 Å². The third-order valence-electron chi connectivity index (χ3n) is 3.03. The van der Waals surface area contributed by atoms with E-state index < -0.39 is 29.4 Å². The zero-order chi connectivity index (χ0) is 14.0. The van der Waals surface area contributed by atoms with Crippen LogP contribution in [-0.4, -0.2) is 57.8 Å². The van der Waals surface area contributed by atoms with E-state index in [0.29, 0.717) is 6.54 Å². The van der Waals surface area contributed by atoms with E-state index in [1.54, 1.807) is 0 Å². The van der Waals surface area contributed by atoms with Gasteiger partial charge in [-0.3, -0.25) is 4.79 Å². The Labute approximate surface area is 109 Å². The Morgan fingerprint density at radius 1 is 1.32 bits per heavy atom. The van der Waals surface area contributed by atoms with Crippen LogP contribution in [0.5, 0.6) is 11.5 Å². The molecule has 0 spiro atoms. The van der Waals surface area contributed by atoms with Crippen molar-refractivity contribution in [2.24, 2.45) is 0 Å². The monoisotopic (exact) mass is 266 g/mol. The fourth-order valence-electron chi connectivity index (χ4n) is 2.03. The second-order valence-electron chi connectivity index (χ2n) is 4.23. The van der Waals surface area contributed by atoms with Crippen LogP contribution in [0, 0.1) is 0 Å². The molecule has 0 bridgehead atoms. The summed E-state index contributed by atoms with van der Waals surface area (Å²) in [6.07, 6.45) is 0. The highest BCUT2D eigenvalue weighted by molar-refractivity contribution is 5.99. The van der Waals surface area contributed by atoms with Crippen molar-refractivity contribution in [3.8, 4) is 11.5 Å². The van der Waals surface area contributed by atoms with Crippen molar-refractivity contribution >= 4 is 11.9 Å². The summed E-state index contributed by atoms with van der Waals surface area (Å²) in [6, 6.07) is 3.03. The highest BCUT2D eigenvalue weighted by atomic mass is 16.4. The summed E-state index contributed by atoms with van der Waals surface area (Å²) in [4.78, 5) is 24.5. The van der Waals surface area contributed by atoms with Gasteiger partial charge in [-0.1, -0.05) is 6.07 Å². The van der Waals surface area contributed by atoms with Crippen LogP contribution in [0.1, 0.15) is 10.4 Å². The minimum atomic E-state index is -1.11. The molecule has 0 aromatic heterocycles.